The predicted octanol–water partition coefficient (Wildman–Crippen LogP) is 3.50. The fourth-order valence-electron chi connectivity index (χ4n) is 2.68. The van der Waals surface area contributed by atoms with Crippen molar-refractivity contribution in [3.8, 4) is 0 Å². The van der Waals surface area contributed by atoms with E-state index < -0.39 is 0 Å². The fourth-order valence-corrected chi connectivity index (χ4v) is 3.83. The number of benzene rings is 1. The zero-order valence-corrected chi connectivity index (χ0v) is 15.0. The molecule has 2 heterocycles. The normalized spacial score (nSPS) is 15.3. The molecule has 0 unspecified atom stereocenters. The van der Waals surface area contributed by atoms with Crippen LogP contribution in [0.2, 0.25) is 0 Å². The summed E-state index contributed by atoms with van der Waals surface area (Å²) in [6.45, 7) is 2.51. The van der Waals surface area contributed by atoms with E-state index in [4.69, 9.17) is 0 Å². The zero-order valence-electron chi connectivity index (χ0n) is 12.6. The summed E-state index contributed by atoms with van der Waals surface area (Å²) < 4.78 is 0.806. The van der Waals surface area contributed by atoms with E-state index in [0.29, 0.717) is 31.7 Å². The van der Waals surface area contributed by atoms with Gasteiger partial charge in [0.05, 0.1) is 10.4 Å². The van der Waals surface area contributed by atoms with Gasteiger partial charge >= 0.3 is 0 Å². The van der Waals surface area contributed by atoms with Gasteiger partial charge in [-0.15, -0.1) is 11.3 Å². The molecule has 0 atom stereocenters. The van der Waals surface area contributed by atoms with E-state index in [1.807, 2.05) is 51.6 Å². The summed E-state index contributed by atoms with van der Waals surface area (Å²) in [7, 11) is 0. The second-order valence-electron chi connectivity index (χ2n) is 5.40. The van der Waals surface area contributed by atoms with Crippen LogP contribution in [0.25, 0.3) is 0 Å². The van der Waals surface area contributed by atoms with E-state index >= 15 is 0 Å². The van der Waals surface area contributed by atoms with E-state index in [2.05, 4.69) is 15.9 Å². The van der Waals surface area contributed by atoms with E-state index in [1.165, 1.54) is 11.3 Å². The van der Waals surface area contributed by atoms with Crippen LogP contribution in [0.3, 0.4) is 0 Å². The molecule has 1 aliphatic heterocycles. The highest BCUT2D eigenvalue weighted by Gasteiger charge is 2.24. The number of halogens is 1. The molecule has 120 valence electrons. The van der Waals surface area contributed by atoms with Gasteiger partial charge < -0.3 is 9.80 Å². The lowest BCUT2D eigenvalue weighted by molar-refractivity contribution is 0.0720. The molecule has 0 aliphatic carbocycles. The molecule has 2 amide bonds. The van der Waals surface area contributed by atoms with Crippen LogP contribution in [0.15, 0.2) is 46.3 Å². The highest BCUT2D eigenvalue weighted by Crippen LogP contribution is 2.19. The molecular weight excluding hydrogens is 376 g/mol. The molecule has 1 aliphatic rings. The number of carbonyl (C=O) groups is 2. The summed E-state index contributed by atoms with van der Waals surface area (Å²) >= 11 is 4.89. The number of carbonyl (C=O) groups excluding carboxylic acids is 2. The first kappa shape index (κ1) is 16.2. The van der Waals surface area contributed by atoms with Crippen LogP contribution in [-0.2, 0) is 0 Å². The zero-order chi connectivity index (χ0) is 16.2. The average Bonchev–Trinajstić information content (AvgIpc) is 2.98. The number of nitrogens with zero attached hydrogens (tertiary/aromatic N) is 2. The quantitative estimate of drug-likeness (QED) is 0.784. The van der Waals surface area contributed by atoms with Crippen molar-refractivity contribution >= 4 is 39.1 Å². The lowest BCUT2D eigenvalue weighted by Crippen LogP contribution is -2.37. The molecule has 1 aromatic carbocycles. The Kier molecular flexibility index (Phi) is 5.13. The van der Waals surface area contributed by atoms with Crippen molar-refractivity contribution in [2.24, 2.45) is 0 Å². The summed E-state index contributed by atoms with van der Waals surface area (Å²) in [5.74, 6) is 0.0816. The fraction of sp³-hybridized carbons (Fsp3) is 0.294. The van der Waals surface area contributed by atoms with Gasteiger partial charge in [-0.1, -0.05) is 18.2 Å². The lowest BCUT2D eigenvalue weighted by Gasteiger charge is -2.22. The Bertz CT molecular complexity index is 702. The molecule has 23 heavy (non-hydrogen) atoms. The Balaban J connectivity index is 1.68. The van der Waals surface area contributed by atoms with Gasteiger partial charge in [0.2, 0.25) is 0 Å². The van der Waals surface area contributed by atoms with Crippen LogP contribution in [0.4, 0.5) is 0 Å². The molecule has 4 nitrogen and oxygen atoms in total. The van der Waals surface area contributed by atoms with Crippen LogP contribution in [0.5, 0.6) is 0 Å². The number of hydrogen-bond donors (Lipinski definition) is 0. The molecule has 2 aromatic rings. The first-order valence-electron chi connectivity index (χ1n) is 7.53. The summed E-state index contributed by atoms with van der Waals surface area (Å²) in [6.07, 6.45) is 0.799. The average molecular weight is 393 g/mol. The molecule has 0 radical (unpaired) electrons. The second-order valence-corrected chi connectivity index (χ2v) is 7.20. The standard InChI is InChI=1S/C17H17BrN2O2S/c18-14-6-2-1-5-13(14)16(21)19-8-4-9-20(11-10-19)17(22)15-7-3-12-23-15/h1-3,5-7,12H,4,8-11H2. The molecule has 3 rings (SSSR count). The molecule has 1 fully saturated rings. The van der Waals surface area contributed by atoms with Crippen molar-refractivity contribution in [3.05, 3.63) is 56.7 Å². The molecule has 0 bridgehead atoms. The predicted molar refractivity (Wildman–Crippen MR) is 94.9 cm³/mol. The first-order valence-corrected chi connectivity index (χ1v) is 9.20. The van der Waals surface area contributed by atoms with Gasteiger partial charge in [0.15, 0.2) is 0 Å². The van der Waals surface area contributed by atoms with Gasteiger partial charge in [0.25, 0.3) is 11.8 Å². The minimum Gasteiger partial charge on any atom is -0.337 e. The third-order valence-corrected chi connectivity index (χ3v) is 5.46. The summed E-state index contributed by atoms with van der Waals surface area (Å²) in [4.78, 5) is 29.6. The van der Waals surface area contributed by atoms with Gasteiger partial charge in [-0.25, -0.2) is 0 Å². The maximum Gasteiger partial charge on any atom is 0.263 e. The minimum atomic E-state index is 0.0166. The Morgan fingerprint density at radius 3 is 2.26 bits per heavy atom. The highest BCUT2D eigenvalue weighted by atomic mass is 79.9. The van der Waals surface area contributed by atoms with Crippen LogP contribution < -0.4 is 0 Å². The van der Waals surface area contributed by atoms with Gasteiger partial charge in [-0.3, -0.25) is 9.59 Å². The van der Waals surface area contributed by atoms with Crippen molar-refractivity contribution in [1.82, 2.24) is 9.80 Å². The van der Waals surface area contributed by atoms with Gasteiger partial charge in [-0.2, -0.15) is 0 Å². The van der Waals surface area contributed by atoms with E-state index in [-0.39, 0.29) is 11.8 Å². The molecule has 6 heteroatoms. The lowest BCUT2D eigenvalue weighted by atomic mass is 10.2. The molecular formula is C17H17BrN2O2S. The van der Waals surface area contributed by atoms with Gasteiger partial charge in [-0.05, 0) is 45.9 Å². The van der Waals surface area contributed by atoms with Crippen molar-refractivity contribution < 1.29 is 9.59 Å². The van der Waals surface area contributed by atoms with Crippen LogP contribution in [0, 0.1) is 0 Å². The third-order valence-electron chi connectivity index (χ3n) is 3.91. The Labute approximate surface area is 147 Å². The third kappa shape index (κ3) is 3.64. The maximum atomic E-state index is 12.7. The molecule has 0 N–H and O–H groups in total. The largest absolute Gasteiger partial charge is 0.337 e. The summed E-state index contributed by atoms with van der Waals surface area (Å²) in [5, 5.41) is 1.91. The summed E-state index contributed by atoms with van der Waals surface area (Å²) in [6, 6.07) is 11.2. The van der Waals surface area contributed by atoms with Crippen LogP contribution in [0.1, 0.15) is 26.5 Å². The smallest absolute Gasteiger partial charge is 0.263 e. The molecule has 0 spiro atoms. The second kappa shape index (κ2) is 7.27. The van der Waals surface area contributed by atoms with E-state index in [1.54, 1.807) is 0 Å². The maximum absolute atomic E-state index is 12.7. The van der Waals surface area contributed by atoms with Crippen molar-refractivity contribution in [3.63, 3.8) is 0 Å². The minimum absolute atomic E-state index is 0.0166. The molecule has 0 saturated carbocycles. The van der Waals surface area contributed by atoms with Crippen molar-refractivity contribution in [2.45, 2.75) is 6.42 Å². The number of thiophene rings is 1. The molecule has 1 saturated heterocycles. The van der Waals surface area contributed by atoms with Gasteiger partial charge in [0.1, 0.15) is 0 Å². The van der Waals surface area contributed by atoms with E-state index in [0.717, 1.165) is 15.8 Å². The highest BCUT2D eigenvalue weighted by molar-refractivity contribution is 9.10. The SMILES string of the molecule is O=C(c1cccs1)N1CCCN(C(=O)c2ccccc2Br)CC1. The summed E-state index contributed by atoms with van der Waals surface area (Å²) in [5.41, 5.74) is 0.672. The monoisotopic (exact) mass is 392 g/mol. The van der Waals surface area contributed by atoms with Crippen LogP contribution in [-0.4, -0.2) is 47.8 Å². The van der Waals surface area contributed by atoms with Gasteiger partial charge in [0, 0.05) is 30.7 Å². The Morgan fingerprint density at radius 1 is 0.913 bits per heavy atom. The van der Waals surface area contributed by atoms with Crippen molar-refractivity contribution in [1.29, 1.82) is 0 Å². The number of hydrogen-bond acceptors (Lipinski definition) is 3. The first-order chi connectivity index (χ1) is 11.2. The number of amides is 2. The Hall–Kier alpha value is -1.66. The topological polar surface area (TPSA) is 40.6 Å². The van der Waals surface area contributed by atoms with E-state index in [9.17, 15) is 9.59 Å². The van der Waals surface area contributed by atoms with Crippen LogP contribution >= 0.6 is 27.3 Å². The van der Waals surface area contributed by atoms with Crippen molar-refractivity contribution in [2.75, 3.05) is 26.2 Å². The Morgan fingerprint density at radius 2 is 1.61 bits per heavy atom. The number of rotatable bonds is 2. The molecule has 1 aromatic heterocycles.